The number of nitro groups is 1. The zero-order valence-electron chi connectivity index (χ0n) is 9.52. The van der Waals surface area contributed by atoms with Gasteiger partial charge in [-0.3, -0.25) is 10.1 Å². The van der Waals surface area contributed by atoms with Crippen LogP contribution in [0.2, 0.25) is 0 Å². The highest BCUT2D eigenvalue weighted by Crippen LogP contribution is 2.21. The Bertz CT molecular complexity index is 547. The maximum absolute atomic E-state index is 10.2. The molecule has 4 nitrogen and oxygen atoms in total. The van der Waals surface area contributed by atoms with Gasteiger partial charge in [-0.05, 0) is 29.8 Å². The van der Waals surface area contributed by atoms with Crippen LogP contribution in [0.1, 0.15) is 5.56 Å². The molecule has 4 heteroatoms. The van der Waals surface area contributed by atoms with Crippen LogP contribution in [0.4, 0.5) is 0 Å². The molecule has 0 aliphatic carbocycles. The monoisotopic (exact) mass is 241 g/mol. The Morgan fingerprint density at radius 3 is 2.17 bits per heavy atom. The van der Waals surface area contributed by atoms with Crippen molar-refractivity contribution >= 4 is 6.08 Å². The van der Waals surface area contributed by atoms with Gasteiger partial charge < -0.3 is 4.74 Å². The van der Waals surface area contributed by atoms with E-state index in [1.54, 1.807) is 24.3 Å². The summed E-state index contributed by atoms with van der Waals surface area (Å²) in [5.41, 5.74) is 0.757. The number of benzene rings is 2. The third-order valence-electron chi connectivity index (χ3n) is 2.25. The summed E-state index contributed by atoms with van der Waals surface area (Å²) >= 11 is 0. The highest BCUT2D eigenvalue weighted by atomic mass is 16.6. The van der Waals surface area contributed by atoms with Gasteiger partial charge in [0.2, 0.25) is 6.20 Å². The lowest BCUT2D eigenvalue weighted by atomic mass is 10.2. The summed E-state index contributed by atoms with van der Waals surface area (Å²) in [4.78, 5) is 9.68. The Hall–Kier alpha value is -2.62. The minimum Gasteiger partial charge on any atom is -0.457 e. The third-order valence-corrected chi connectivity index (χ3v) is 2.25. The number of nitrogens with zero attached hydrogens (tertiary/aromatic N) is 1. The minimum atomic E-state index is -0.492. The average Bonchev–Trinajstić information content (AvgIpc) is 2.39. The van der Waals surface area contributed by atoms with Crippen LogP contribution in [0, 0.1) is 10.1 Å². The minimum absolute atomic E-state index is 0.492. The van der Waals surface area contributed by atoms with Crippen LogP contribution in [-0.2, 0) is 0 Å². The summed E-state index contributed by atoms with van der Waals surface area (Å²) in [7, 11) is 0. The quantitative estimate of drug-likeness (QED) is 0.605. The van der Waals surface area contributed by atoms with Crippen molar-refractivity contribution in [2.45, 2.75) is 0 Å². The fourth-order valence-electron chi connectivity index (χ4n) is 1.42. The van der Waals surface area contributed by atoms with Crippen molar-refractivity contribution in [1.29, 1.82) is 0 Å². The Morgan fingerprint density at radius 1 is 0.944 bits per heavy atom. The highest BCUT2D eigenvalue weighted by Gasteiger charge is 1.96. The van der Waals surface area contributed by atoms with Crippen molar-refractivity contribution in [2.75, 3.05) is 0 Å². The number of para-hydroxylation sites is 1. The van der Waals surface area contributed by atoms with Crippen molar-refractivity contribution in [3.63, 3.8) is 0 Å². The van der Waals surface area contributed by atoms with E-state index >= 15 is 0 Å². The topological polar surface area (TPSA) is 52.4 Å². The number of hydrogen-bond donors (Lipinski definition) is 0. The summed E-state index contributed by atoms with van der Waals surface area (Å²) in [6, 6.07) is 16.5. The zero-order valence-corrected chi connectivity index (χ0v) is 9.52. The number of hydrogen-bond acceptors (Lipinski definition) is 3. The van der Waals surface area contributed by atoms with Gasteiger partial charge in [0.15, 0.2) is 0 Å². The Labute approximate surface area is 104 Å². The lowest BCUT2D eigenvalue weighted by molar-refractivity contribution is -0.400. The zero-order chi connectivity index (χ0) is 12.8. The van der Waals surface area contributed by atoms with Gasteiger partial charge >= 0.3 is 0 Å². The van der Waals surface area contributed by atoms with Gasteiger partial charge in [0.25, 0.3) is 0 Å². The fraction of sp³-hybridized carbons (Fsp3) is 0. The molecule has 0 saturated carbocycles. The van der Waals surface area contributed by atoms with Crippen molar-refractivity contribution < 1.29 is 9.66 Å². The number of rotatable bonds is 4. The van der Waals surface area contributed by atoms with Gasteiger partial charge in [-0.15, -0.1) is 0 Å². The Kier molecular flexibility index (Phi) is 3.71. The summed E-state index contributed by atoms with van der Waals surface area (Å²) in [5, 5.41) is 10.2. The normalized spacial score (nSPS) is 10.4. The standard InChI is InChI=1S/C14H11NO3/c16-15(17)11-10-12-6-8-14(9-7-12)18-13-4-2-1-3-5-13/h1-11H/b11-10+. The summed E-state index contributed by atoms with van der Waals surface area (Å²) in [6.45, 7) is 0. The molecule has 0 spiro atoms. The second-order valence-electron chi connectivity index (χ2n) is 3.59. The van der Waals surface area contributed by atoms with Gasteiger partial charge in [-0.25, -0.2) is 0 Å². The molecule has 2 aromatic rings. The van der Waals surface area contributed by atoms with Crippen LogP contribution in [0.3, 0.4) is 0 Å². The van der Waals surface area contributed by atoms with Crippen LogP contribution in [-0.4, -0.2) is 4.92 Å². The molecule has 2 aromatic carbocycles. The van der Waals surface area contributed by atoms with E-state index in [4.69, 9.17) is 4.74 Å². The van der Waals surface area contributed by atoms with E-state index in [0.717, 1.165) is 17.5 Å². The second kappa shape index (κ2) is 5.63. The van der Waals surface area contributed by atoms with E-state index in [-0.39, 0.29) is 0 Å². The van der Waals surface area contributed by atoms with Gasteiger partial charge in [-0.1, -0.05) is 30.3 Å². The first-order valence-corrected chi connectivity index (χ1v) is 5.39. The molecule has 18 heavy (non-hydrogen) atoms. The van der Waals surface area contributed by atoms with Gasteiger partial charge in [-0.2, -0.15) is 0 Å². The molecule has 0 heterocycles. The molecule has 0 atom stereocenters. The van der Waals surface area contributed by atoms with Crippen molar-refractivity contribution in [2.24, 2.45) is 0 Å². The van der Waals surface area contributed by atoms with E-state index in [1.807, 2.05) is 30.3 Å². The van der Waals surface area contributed by atoms with Crippen LogP contribution in [0.15, 0.2) is 60.8 Å². The Balaban J connectivity index is 2.06. The Morgan fingerprint density at radius 2 is 1.56 bits per heavy atom. The highest BCUT2D eigenvalue weighted by molar-refractivity contribution is 5.49. The molecule has 0 fully saturated rings. The van der Waals surface area contributed by atoms with Crippen LogP contribution in [0.5, 0.6) is 11.5 Å². The summed E-state index contributed by atoms with van der Waals surface area (Å²) in [5.74, 6) is 1.45. The summed E-state index contributed by atoms with van der Waals surface area (Å²) < 4.78 is 5.60. The molecule has 90 valence electrons. The van der Waals surface area contributed by atoms with E-state index in [9.17, 15) is 10.1 Å². The molecule has 0 N–H and O–H groups in total. The van der Waals surface area contributed by atoms with Gasteiger partial charge in [0.05, 0.1) is 4.92 Å². The number of ether oxygens (including phenoxy) is 1. The molecule has 0 radical (unpaired) electrons. The molecule has 0 bridgehead atoms. The molecule has 0 amide bonds. The van der Waals surface area contributed by atoms with Crippen LogP contribution in [0.25, 0.3) is 6.08 Å². The largest absolute Gasteiger partial charge is 0.457 e. The maximum atomic E-state index is 10.2. The van der Waals surface area contributed by atoms with Gasteiger partial charge in [0.1, 0.15) is 11.5 Å². The van der Waals surface area contributed by atoms with Crippen molar-refractivity contribution in [3.05, 3.63) is 76.5 Å². The van der Waals surface area contributed by atoms with E-state index in [0.29, 0.717) is 5.75 Å². The van der Waals surface area contributed by atoms with Gasteiger partial charge in [0, 0.05) is 6.08 Å². The maximum Gasteiger partial charge on any atom is 0.235 e. The summed E-state index contributed by atoms with van der Waals surface area (Å²) in [6.07, 6.45) is 2.35. The third kappa shape index (κ3) is 3.45. The molecule has 0 saturated heterocycles. The predicted molar refractivity (Wildman–Crippen MR) is 69.0 cm³/mol. The molecule has 2 rings (SSSR count). The van der Waals surface area contributed by atoms with Crippen molar-refractivity contribution in [3.8, 4) is 11.5 Å². The van der Waals surface area contributed by atoms with E-state index in [2.05, 4.69) is 0 Å². The smallest absolute Gasteiger partial charge is 0.235 e. The SMILES string of the molecule is O=[N+]([O-])/C=C/c1ccc(Oc2ccccc2)cc1. The second-order valence-corrected chi connectivity index (χ2v) is 3.59. The van der Waals surface area contributed by atoms with Crippen LogP contribution < -0.4 is 4.74 Å². The van der Waals surface area contributed by atoms with E-state index < -0.39 is 4.92 Å². The lowest BCUT2D eigenvalue weighted by Gasteiger charge is -2.04. The molecular formula is C14H11NO3. The first kappa shape index (κ1) is 11.9. The lowest BCUT2D eigenvalue weighted by Crippen LogP contribution is -1.84. The predicted octanol–water partition coefficient (Wildman–Crippen LogP) is 3.73. The van der Waals surface area contributed by atoms with Crippen molar-refractivity contribution in [1.82, 2.24) is 0 Å². The van der Waals surface area contributed by atoms with Crippen LogP contribution >= 0.6 is 0 Å². The fourth-order valence-corrected chi connectivity index (χ4v) is 1.42. The molecule has 0 aromatic heterocycles. The molecular weight excluding hydrogens is 230 g/mol. The van der Waals surface area contributed by atoms with E-state index in [1.165, 1.54) is 6.08 Å². The first-order valence-electron chi connectivity index (χ1n) is 5.39. The molecule has 0 unspecified atom stereocenters. The first-order chi connectivity index (χ1) is 8.74. The molecule has 0 aliphatic heterocycles. The molecule has 0 aliphatic rings. The average molecular weight is 241 g/mol.